The third kappa shape index (κ3) is 4.52. The van der Waals surface area contributed by atoms with Crippen molar-refractivity contribution in [3.8, 4) is 11.3 Å². The van der Waals surface area contributed by atoms with Gasteiger partial charge in [-0.2, -0.15) is 0 Å². The summed E-state index contributed by atoms with van der Waals surface area (Å²) in [6, 6.07) is 9.99. The number of nitrogens with zero attached hydrogens (tertiary/aromatic N) is 3. The summed E-state index contributed by atoms with van der Waals surface area (Å²) >= 11 is 1.29. The first-order valence-corrected chi connectivity index (χ1v) is 10.8. The van der Waals surface area contributed by atoms with Crippen LogP contribution < -0.4 is 0 Å². The first-order valence-electron chi connectivity index (χ1n) is 9.73. The summed E-state index contributed by atoms with van der Waals surface area (Å²) in [6.45, 7) is -0.497. The number of halogens is 3. The van der Waals surface area contributed by atoms with Gasteiger partial charge in [0.05, 0.1) is 12.8 Å². The summed E-state index contributed by atoms with van der Waals surface area (Å²) < 4.78 is 47.3. The summed E-state index contributed by atoms with van der Waals surface area (Å²) in [6.07, 6.45) is -2.29. The topological polar surface area (TPSA) is 101 Å². The molecule has 32 heavy (non-hydrogen) atoms. The minimum Gasteiger partial charge on any atom is -0.394 e. The van der Waals surface area contributed by atoms with Gasteiger partial charge in [0.25, 0.3) is 0 Å². The minimum absolute atomic E-state index is 0.0164. The van der Waals surface area contributed by atoms with Gasteiger partial charge in [-0.3, -0.25) is 0 Å². The molecule has 0 radical (unpaired) electrons. The molecule has 11 heteroatoms. The van der Waals surface area contributed by atoms with Crippen molar-refractivity contribution in [3.05, 3.63) is 71.7 Å². The number of ether oxygens (including phenoxy) is 1. The number of hydrogen-bond acceptors (Lipinski definition) is 7. The SMILES string of the molecule is OCC1O[C@H](SCc2ccccc2)C(O)[C@@H](n2cc(-c3cc(F)c(F)c(F)c3)nn2)[C@H]1O. The van der Waals surface area contributed by atoms with E-state index in [-0.39, 0.29) is 11.3 Å². The standard InChI is InChI=1S/C21H20F3N3O4S/c22-13-6-12(7-14(23)17(13)24)15-8-27(26-25-15)18-19(29)16(9-28)31-21(20(18)30)32-10-11-4-2-1-3-5-11/h1-8,16,18-21,28-30H,9-10H2/t16?,18-,19-,20?,21+/m0/s1. The van der Waals surface area contributed by atoms with Gasteiger partial charge in [-0.15, -0.1) is 16.9 Å². The van der Waals surface area contributed by atoms with Crippen molar-refractivity contribution in [1.29, 1.82) is 0 Å². The molecule has 1 fully saturated rings. The molecule has 3 aromatic rings. The monoisotopic (exact) mass is 467 g/mol. The molecule has 0 bridgehead atoms. The lowest BCUT2D eigenvalue weighted by atomic mass is 9.97. The Kier molecular flexibility index (Phi) is 6.82. The Morgan fingerprint density at radius 2 is 1.72 bits per heavy atom. The summed E-state index contributed by atoms with van der Waals surface area (Å²) in [7, 11) is 0. The van der Waals surface area contributed by atoms with Crippen molar-refractivity contribution >= 4 is 11.8 Å². The summed E-state index contributed by atoms with van der Waals surface area (Å²) in [5.74, 6) is -3.84. The predicted octanol–water partition coefficient (Wildman–Crippen LogP) is 2.28. The van der Waals surface area contributed by atoms with Gasteiger partial charge < -0.3 is 20.1 Å². The van der Waals surface area contributed by atoms with Crippen LogP contribution in [-0.2, 0) is 10.5 Å². The highest BCUT2D eigenvalue weighted by Crippen LogP contribution is 2.36. The average Bonchev–Trinajstić information content (AvgIpc) is 3.27. The maximum Gasteiger partial charge on any atom is 0.194 e. The fourth-order valence-corrected chi connectivity index (χ4v) is 4.66. The van der Waals surface area contributed by atoms with Crippen LogP contribution in [0.2, 0.25) is 0 Å². The molecular weight excluding hydrogens is 447 g/mol. The van der Waals surface area contributed by atoms with E-state index in [1.54, 1.807) is 0 Å². The summed E-state index contributed by atoms with van der Waals surface area (Å²) in [5.41, 5.74) is 0.161. The Morgan fingerprint density at radius 3 is 2.38 bits per heavy atom. The first kappa shape index (κ1) is 22.7. The molecule has 1 saturated heterocycles. The van der Waals surface area contributed by atoms with Crippen molar-refractivity contribution in [3.63, 3.8) is 0 Å². The molecule has 2 heterocycles. The van der Waals surface area contributed by atoms with Crippen LogP contribution in [0.4, 0.5) is 13.2 Å². The Bertz CT molecular complexity index is 1050. The number of aromatic nitrogens is 3. The van der Waals surface area contributed by atoms with Gasteiger partial charge in [0.15, 0.2) is 17.5 Å². The first-order chi connectivity index (χ1) is 15.4. The second kappa shape index (κ2) is 9.59. The van der Waals surface area contributed by atoms with E-state index in [0.717, 1.165) is 22.4 Å². The number of aliphatic hydroxyl groups is 3. The van der Waals surface area contributed by atoms with Crippen LogP contribution in [0.15, 0.2) is 48.7 Å². The molecule has 2 unspecified atom stereocenters. The van der Waals surface area contributed by atoms with Crippen LogP contribution in [-0.4, -0.2) is 60.7 Å². The maximum atomic E-state index is 13.6. The summed E-state index contributed by atoms with van der Waals surface area (Å²) in [5, 5.41) is 38.9. The molecule has 4 rings (SSSR count). The third-order valence-corrected chi connectivity index (χ3v) is 6.42. The third-order valence-electron chi connectivity index (χ3n) is 5.20. The van der Waals surface area contributed by atoms with Crippen molar-refractivity contribution in [2.24, 2.45) is 0 Å². The second-order valence-electron chi connectivity index (χ2n) is 7.33. The van der Waals surface area contributed by atoms with E-state index < -0.39 is 53.8 Å². The predicted molar refractivity (Wildman–Crippen MR) is 110 cm³/mol. The van der Waals surface area contributed by atoms with E-state index in [9.17, 15) is 28.5 Å². The van der Waals surface area contributed by atoms with E-state index in [1.807, 2.05) is 30.3 Å². The number of benzene rings is 2. The fourth-order valence-electron chi connectivity index (χ4n) is 3.53. The zero-order valence-corrected chi connectivity index (χ0v) is 17.4. The number of hydrogen-bond donors (Lipinski definition) is 3. The molecule has 170 valence electrons. The molecule has 7 nitrogen and oxygen atoms in total. The molecule has 3 N–H and O–H groups in total. The molecule has 0 aliphatic carbocycles. The van der Waals surface area contributed by atoms with Gasteiger partial charge in [0, 0.05) is 11.3 Å². The second-order valence-corrected chi connectivity index (χ2v) is 8.42. The Hall–Kier alpha value is -2.44. The zero-order valence-electron chi connectivity index (χ0n) is 16.6. The van der Waals surface area contributed by atoms with E-state index in [2.05, 4.69) is 10.3 Å². The average molecular weight is 467 g/mol. The van der Waals surface area contributed by atoms with Crippen molar-refractivity contribution in [1.82, 2.24) is 15.0 Å². The van der Waals surface area contributed by atoms with Crippen molar-refractivity contribution < 1.29 is 33.2 Å². The molecule has 0 saturated carbocycles. The van der Waals surface area contributed by atoms with Crippen LogP contribution >= 0.6 is 11.8 Å². The van der Waals surface area contributed by atoms with Gasteiger partial charge in [-0.1, -0.05) is 35.5 Å². The lowest BCUT2D eigenvalue weighted by Crippen LogP contribution is -2.55. The smallest absolute Gasteiger partial charge is 0.194 e. The molecule has 1 aromatic heterocycles. The number of aliphatic hydroxyl groups excluding tert-OH is 3. The lowest BCUT2D eigenvalue weighted by Gasteiger charge is -2.41. The molecule has 2 aromatic carbocycles. The van der Waals surface area contributed by atoms with Gasteiger partial charge >= 0.3 is 0 Å². The van der Waals surface area contributed by atoms with E-state index in [1.165, 1.54) is 18.0 Å². The highest BCUT2D eigenvalue weighted by molar-refractivity contribution is 7.99. The quantitative estimate of drug-likeness (QED) is 0.478. The van der Waals surface area contributed by atoms with Gasteiger partial charge in [0.2, 0.25) is 0 Å². The minimum atomic E-state index is -1.60. The van der Waals surface area contributed by atoms with E-state index in [4.69, 9.17) is 4.74 Å². The zero-order chi connectivity index (χ0) is 22.8. The summed E-state index contributed by atoms with van der Waals surface area (Å²) in [4.78, 5) is 0. The molecular formula is C21H20F3N3O4S. The highest BCUT2D eigenvalue weighted by Gasteiger charge is 2.46. The maximum absolute atomic E-state index is 13.6. The van der Waals surface area contributed by atoms with Crippen molar-refractivity contribution in [2.45, 2.75) is 35.5 Å². The van der Waals surface area contributed by atoms with Crippen LogP contribution in [0.1, 0.15) is 11.6 Å². The molecule has 1 aliphatic heterocycles. The van der Waals surface area contributed by atoms with E-state index in [0.29, 0.717) is 5.75 Å². The number of rotatable bonds is 6. The van der Waals surface area contributed by atoms with Crippen LogP contribution in [0.5, 0.6) is 0 Å². The highest BCUT2D eigenvalue weighted by atomic mass is 32.2. The molecule has 1 aliphatic rings. The molecule has 5 atom stereocenters. The Morgan fingerprint density at radius 1 is 1.03 bits per heavy atom. The van der Waals surface area contributed by atoms with Gasteiger partial charge in [-0.25, -0.2) is 17.9 Å². The molecule has 0 spiro atoms. The van der Waals surface area contributed by atoms with Crippen molar-refractivity contribution in [2.75, 3.05) is 6.61 Å². The van der Waals surface area contributed by atoms with Crippen LogP contribution in [0.3, 0.4) is 0 Å². The largest absolute Gasteiger partial charge is 0.394 e. The van der Waals surface area contributed by atoms with Crippen LogP contribution in [0.25, 0.3) is 11.3 Å². The molecule has 0 amide bonds. The normalized spacial score (nSPS) is 25.8. The number of thioether (sulfide) groups is 1. The Labute approximate surface area is 185 Å². The Balaban J connectivity index is 1.58. The van der Waals surface area contributed by atoms with Crippen LogP contribution in [0, 0.1) is 17.5 Å². The fraction of sp³-hybridized carbons (Fsp3) is 0.333. The lowest BCUT2D eigenvalue weighted by molar-refractivity contribution is -0.178. The van der Waals surface area contributed by atoms with Gasteiger partial charge in [0.1, 0.15) is 35.5 Å². The van der Waals surface area contributed by atoms with E-state index >= 15 is 0 Å². The van der Waals surface area contributed by atoms with Gasteiger partial charge in [-0.05, 0) is 17.7 Å².